The topological polar surface area (TPSA) is 81.2 Å². The van der Waals surface area contributed by atoms with Gasteiger partial charge in [-0.25, -0.2) is 4.98 Å². The predicted molar refractivity (Wildman–Crippen MR) is 118 cm³/mol. The first-order chi connectivity index (χ1) is 13.4. The van der Waals surface area contributed by atoms with E-state index in [1.165, 1.54) is 20.9 Å². The number of aromatic amines is 2. The molecule has 6 heteroatoms. The Kier molecular flexibility index (Phi) is 6.29. The number of aryl methyl sites for hydroxylation is 2. The number of hydrogen-bond donors (Lipinski definition) is 3. The van der Waals surface area contributed by atoms with E-state index in [0.717, 1.165) is 42.0 Å². The minimum atomic E-state index is 0.403. The van der Waals surface area contributed by atoms with E-state index in [1.54, 1.807) is 11.3 Å². The van der Waals surface area contributed by atoms with Crippen LogP contribution in [0, 0.1) is 25.2 Å². The van der Waals surface area contributed by atoms with Crippen molar-refractivity contribution in [3.63, 3.8) is 0 Å². The monoisotopic (exact) mass is 395 g/mol. The Hall–Kier alpha value is -2.47. The van der Waals surface area contributed by atoms with Crippen molar-refractivity contribution < 1.29 is 0 Å². The minimum absolute atomic E-state index is 0.403. The molecule has 0 radical (unpaired) electrons. The number of imidazole rings is 1. The highest BCUT2D eigenvalue weighted by Crippen LogP contribution is 2.36. The van der Waals surface area contributed by atoms with Crippen molar-refractivity contribution in [3.05, 3.63) is 52.1 Å². The van der Waals surface area contributed by atoms with Gasteiger partial charge in [0.15, 0.2) is 0 Å². The van der Waals surface area contributed by atoms with E-state index in [9.17, 15) is 0 Å². The summed E-state index contributed by atoms with van der Waals surface area (Å²) in [6.07, 6.45) is 8.74. The third-order valence-electron chi connectivity index (χ3n) is 5.07. The fraction of sp³-hybridized carbons (Fsp3) is 0.409. The fourth-order valence-corrected chi connectivity index (χ4v) is 4.86. The van der Waals surface area contributed by atoms with Crippen LogP contribution in [0.25, 0.3) is 16.1 Å². The quantitative estimate of drug-likeness (QED) is 0.413. The molecule has 5 nitrogen and oxygen atoms in total. The van der Waals surface area contributed by atoms with Crippen molar-refractivity contribution in [1.29, 1.82) is 5.41 Å². The fourth-order valence-electron chi connectivity index (χ4n) is 3.61. The Labute approximate surface area is 170 Å². The van der Waals surface area contributed by atoms with Crippen LogP contribution in [0.1, 0.15) is 61.1 Å². The lowest BCUT2D eigenvalue weighted by molar-refractivity contribution is 0.620. The number of thiophene rings is 1. The second kappa shape index (κ2) is 8.69. The zero-order valence-corrected chi connectivity index (χ0v) is 18.1. The molecule has 0 unspecified atom stereocenters. The molecule has 0 spiro atoms. The summed E-state index contributed by atoms with van der Waals surface area (Å²) in [5.41, 5.74) is 6.24. The first kappa shape index (κ1) is 20.3. The van der Waals surface area contributed by atoms with Gasteiger partial charge in [0.1, 0.15) is 11.5 Å². The van der Waals surface area contributed by atoms with E-state index in [-0.39, 0.29) is 0 Å². The molecule has 0 aliphatic carbocycles. The van der Waals surface area contributed by atoms with Crippen LogP contribution in [0.15, 0.2) is 24.5 Å². The first-order valence-electron chi connectivity index (χ1n) is 9.83. The maximum atomic E-state index is 7.95. The molecule has 3 N–H and O–H groups in total. The number of nitrogens with zero attached hydrogens (tertiary/aromatic N) is 2. The normalized spacial score (nSPS) is 12.1. The lowest BCUT2D eigenvalue weighted by Gasteiger charge is -2.15. The average molecular weight is 396 g/mol. The van der Waals surface area contributed by atoms with Crippen LogP contribution in [0.2, 0.25) is 0 Å². The standard InChI is InChI=1S/C22H29N5S/c1-6-17(7-2)19(9-14(4)23)22-26-15(5)20(27-22)21-13(3)8-18(28-21)10-16-11-24-25-12-16/h8-9,11-12,17,23H,6-7,10H2,1-5H3,(H,24,25)(H,26,27)/b19-9-,23-14?. The average Bonchev–Trinajstić information content (AvgIpc) is 3.36. The number of rotatable bonds is 8. The van der Waals surface area contributed by atoms with Crippen molar-refractivity contribution in [1.82, 2.24) is 20.2 Å². The smallest absolute Gasteiger partial charge is 0.134 e. The maximum absolute atomic E-state index is 7.95. The SMILES string of the molecule is CCC(CC)/C(=C/C(C)=N)c1nc(-c2sc(Cc3cn[nH]c3)cc2C)c(C)[nH]1. The molecule has 0 saturated carbocycles. The summed E-state index contributed by atoms with van der Waals surface area (Å²) >= 11 is 1.80. The second-order valence-corrected chi connectivity index (χ2v) is 8.50. The van der Waals surface area contributed by atoms with Gasteiger partial charge >= 0.3 is 0 Å². The highest BCUT2D eigenvalue weighted by atomic mass is 32.1. The van der Waals surface area contributed by atoms with Crippen molar-refractivity contribution >= 4 is 22.6 Å². The lowest BCUT2D eigenvalue weighted by Crippen LogP contribution is -2.04. The number of hydrogen-bond acceptors (Lipinski definition) is 4. The van der Waals surface area contributed by atoms with E-state index < -0.39 is 0 Å². The van der Waals surface area contributed by atoms with Gasteiger partial charge in [-0.15, -0.1) is 11.3 Å². The first-order valence-corrected chi connectivity index (χ1v) is 10.7. The summed E-state index contributed by atoms with van der Waals surface area (Å²) in [5.74, 6) is 1.30. The maximum Gasteiger partial charge on any atom is 0.134 e. The van der Waals surface area contributed by atoms with Crippen molar-refractivity contribution in [3.8, 4) is 10.6 Å². The molecule has 3 aromatic rings. The highest BCUT2D eigenvalue weighted by Gasteiger charge is 2.20. The van der Waals surface area contributed by atoms with Gasteiger partial charge in [0, 0.05) is 28.9 Å². The van der Waals surface area contributed by atoms with Gasteiger partial charge in [0.25, 0.3) is 0 Å². The summed E-state index contributed by atoms with van der Waals surface area (Å²) < 4.78 is 0. The zero-order valence-electron chi connectivity index (χ0n) is 17.3. The number of allylic oxidation sites excluding steroid dienone is 2. The van der Waals surface area contributed by atoms with Gasteiger partial charge in [0.05, 0.1) is 11.1 Å². The third kappa shape index (κ3) is 4.33. The molecule has 148 valence electrons. The summed E-state index contributed by atoms with van der Waals surface area (Å²) in [6.45, 7) is 10.5. The summed E-state index contributed by atoms with van der Waals surface area (Å²) in [7, 11) is 0. The lowest BCUT2D eigenvalue weighted by atomic mass is 9.92. The van der Waals surface area contributed by atoms with E-state index in [2.05, 4.69) is 48.9 Å². The van der Waals surface area contributed by atoms with E-state index >= 15 is 0 Å². The minimum Gasteiger partial charge on any atom is -0.342 e. The summed E-state index contributed by atoms with van der Waals surface area (Å²) in [6, 6.07) is 2.25. The van der Waals surface area contributed by atoms with Gasteiger partial charge in [-0.05, 0) is 68.4 Å². The molecule has 0 aromatic carbocycles. The molecular weight excluding hydrogens is 366 g/mol. The third-order valence-corrected chi connectivity index (χ3v) is 6.32. The van der Waals surface area contributed by atoms with Gasteiger partial charge in [0.2, 0.25) is 0 Å². The molecule has 28 heavy (non-hydrogen) atoms. The molecule has 0 aliphatic heterocycles. The van der Waals surface area contributed by atoms with Crippen LogP contribution in [0.4, 0.5) is 0 Å². The number of H-pyrrole nitrogens is 2. The Balaban J connectivity index is 1.97. The Morgan fingerprint density at radius 1 is 1.29 bits per heavy atom. The number of nitrogens with one attached hydrogen (secondary N) is 3. The summed E-state index contributed by atoms with van der Waals surface area (Å²) in [4.78, 5) is 11.0. The molecule has 0 aliphatic rings. The largest absolute Gasteiger partial charge is 0.342 e. The van der Waals surface area contributed by atoms with Gasteiger partial charge < -0.3 is 10.4 Å². The molecule has 0 amide bonds. The molecule has 3 aromatic heterocycles. The van der Waals surface area contributed by atoms with Crippen LogP contribution in [0.5, 0.6) is 0 Å². The van der Waals surface area contributed by atoms with Crippen LogP contribution < -0.4 is 0 Å². The van der Waals surface area contributed by atoms with Crippen LogP contribution in [0.3, 0.4) is 0 Å². The Morgan fingerprint density at radius 2 is 2.04 bits per heavy atom. The molecule has 3 heterocycles. The van der Waals surface area contributed by atoms with Crippen LogP contribution in [-0.4, -0.2) is 25.9 Å². The zero-order chi connectivity index (χ0) is 20.3. The summed E-state index contributed by atoms with van der Waals surface area (Å²) in [5, 5.41) is 14.9. The van der Waals surface area contributed by atoms with E-state index in [0.29, 0.717) is 11.6 Å². The Bertz CT molecular complexity index is 971. The van der Waals surface area contributed by atoms with Gasteiger partial charge in [-0.3, -0.25) is 5.10 Å². The molecule has 0 bridgehead atoms. The highest BCUT2D eigenvalue weighted by molar-refractivity contribution is 7.15. The number of aromatic nitrogens is 4. The molecule has 0 fully saturated rings. The van der Waals surface area contributed by atoms with E-state index in [4.69, 9.17) is 10.4 Å². The van der Waals surface area contributed by atoms with Gasteiger partial charge in [-0.2, -0.15) is 5.10 Å². The van der Waals surface area contributed by atoms with E-state index in [1.807, 2.05) is 25.4 Å². The second-order valence-electron chi connectivity index (χ2n) is 7.36. The van der Waals surface area contributed by atoms with Crippen molar-refractivity contribution in [2.75, 3.05) is 0 Å². The van der Waals surface area contributed by atoms with Gasteiger partial charge in [-0.1, -0.05) is 13.8 Å². The molecule has 0 atom stereocenters. The molecule has 3 rings (SSSR count). The van der Waals surface area contributed by atoms with Crippen LogP contribution >= 0.6 is 11.3 Å². The molecular formula is C22H29N5S. The Morgan fingerprint density at radius 3 is 2.64 bits per heavy atom. The van der Waals surface area contributed by atoms with Crippen molar-refractivity contribution in [2.24, 2.45) is 5.92 Å². The predicted octanol–water partition coefficient (Wildman–Crippen LogP) is 5.93. The van der Waals surface area contributed by atoms with Crippen LogP contribution in [-0.2, 0) is 6.42 Å². The molecule has 0 saturated heterocycles. The van der Waals surface area contributed by atoms with Crippen molar-refractivity contribution in [2.45, 2.75) is 53.9 Å².